The van der Waals surface area contributed by atoms with Crippen molar-refractivity contribution >= 4 is 45.7 Å². The van der Waals surface area contributed by atoms with Gasteiger partial charge in [-0.2, -0.15) is 0 Å². The van der Waals surface area contributed by atoms with Gasteiger partial charge in [0.2, 0.25) is 0 Å². The van der Waals surface area contributed by atoms with Crippen LogP contribution in [-0.2, 0) is 0 Å². The molecule has 6 nitrogen and oxygen atoms in total. The predicted octanol–water partition coefficient (Wildman–Crippen LogP) is 7.43. The molecule has 0 aliphatic rings. The van der Waals surface area contributed by atoms with Crippen molar-refractivity contribution in [3.05, 3.63) is 48.4 Å². The summed E-state index contributed by atoms with van der Waals surface area (Å²) in [6.07, 6.45) is 3.72. The molecule has 0 spiro atoms. The summed E-state index contributed by atoms with van der Waals surface area (Å²) in [6, 6.07) is 12.1. The second kappa shape index (κ2) is 11.4. The molecular weight excluding hydrogens is 448 g/mol. The number of fused-ring (bicyclic) bond motifs is 3. The van der Waals surface area contributed by atoms with Gasteiger partial charge in [-0.05, 0) is 61.9 Å². The first kappa shape index (κ1) is 25.6. The van der Waals surface area contributed by atoms with E-state index in [-0.39, 0.29) is 12.4 Å². The van der Waals surface area contributed by atoms with Crippen LogP contribution in [0.1, 0.15) is 46.2 Å². The number of nitrogens with one attached hydrogen (secondary N) is 2. The van der Waals surface area contributed by atoms with Gasteiger partial charge in [-0.15, -0.1) is 12.4 Å². The van der Waals surface area contributed by atoms with Crippen molar-refractivity contribution in [2.24, 2.45) is 11.8 Å². The largest absolute Gasteiger partial charge is 0.490 e. The lowest BCUT2D eigenvalue weighted by molar-refractivity contribution is 0.246. The molecule has 0 saturated heterocycles. The first-order valence-electron chi connectivity index (χ1n) is 11.8. The lowest BCUT2D eigenvalue weighted by Gasteiger charge is -2.17. The molecule has 0 bridgehead atoms. The molecule has 2 aromatic heterocycles. The van der Waals surface area contributed by atoms with Crippen LogP contribution in [-0.4, -0.2) is 28.2 Å². The highest BCUT2D eigenvalue weighted by Gasteiger charge is 2.13. The Morgan fingerprint density at radius 1 is 0.882 bits per heavy atom. The SMILES string of the molecule is Cc1cc(Nc2ccc(OCCC(C)C)c(OCCC(C)C)c2)c2c(ccc3nc[nH]c32)n1.Cl. The Hall–Kier alpha value is -2.99. The molecule has 2 heterocycles. The molecule has 4 rings (SSSR count). The van der Waals surface area contributed by atoms with E-state index in [1.807, 2.05) is 37.3 Å². The summed E-state index contributed by atoms with van der Waals surface area (Å²) in [5.41, 5.74) is 5.69. The van der Waals surface area contributed by atoms with Crippen molar-refractivity contribution in [2.45, 2.75) is 47.5 Å². The third-order valence-electron chi connectivity index (χ3n) is 5.62. The van der Waals surface area contributed by atoms with Crippen molar-refractivity contribution in [3.63, 3.8) is 0 Å². The van der Waals surface area contributed by atoms with E-state index < -0.39 is 0 Å². The second-order valence-electron chi connectivity index (χ2n) is 9.42. The molecule has 2 aromatic carbocycles. The molecule has 34 heavy (non-hydrogen) atoms. The number of benzene rings is 2. The van der Waals surface area contributed by atoms with E-state index in [1.54, 1.807) is 6.33 Å². The van der Waals surface area contributed by atoms with Crippen molar-refractivity contribution < 1.29 is 9.47 Å². The van der Waals surface area contributed by atoms with E-state index >= 15 is 0 Å². The molecule has 0 atom stereocenters. The van der Waals surface area contributed by atoms with Gasteiger partial charge in [0.15, 0.2) is 11.5 Å². The Kier molecular flexibility index (Phi) is 8.61. The van der Waals surface area contributed by atoms with Gasteiger partial charge < -0.3 is 19.8 Å². The summed E-state index contributed by atoms with van der Waals surface area (Å²) < 4.78 is 12.2. The number of imidazole rings is 1. The van der Waals surface area contributed by atoms with E-state index in [1.165, 1.54) is 0 Å². The molecule has 0 amide bonds. The van der Waals surface area contributed by atoms with Gasteiger partial charge in [0.25, 0.3) is 0 Å². The molecule has 7 heteroatoms. The zero-order chi connectivity index (χ0) is 23.4. The number of aromatic amines is 1. The number of hydrogen-bond donors (Lipinski definition) is 2. The molecule has 4 aromatic rings. The number of H-pyrrole nitrogens is 1. The molecule has 0 unspecified atom stereocenters. The van der Waals surface area contributed by atoms with Crippen molar-refractivity contribution in [1.29, 1.82) is 0 Å². The Morgan fingerprint density at radius 3 is 2.26 bits per heavy atom. The van der Waals surface area contributed by atoms with Gasteiger partial charge in [-0.3, -0.25) is 4.98 Å². The van der Waals surface area contributed by atoms with Gasteiger partial charge >= 0.3 is 0 Å². The maximum atomic E-state index is 6.16. The Balaban J connectivity index is 0.00000324. The lowest BCUT2D eigenvalue weighted by Crippen LogP contribution is -2.06. The molecule has 0 aliphatic carbocycles. The number of anilines is 2. The molecule has 182 valence electrons. The van der Waals surface area contributed by atoms with E-state index in [4.69, 9.17) is 14.5 Å². The maximum absolute atomic E-state index is 6.16. The third-order valence-corrected chi connectivity index (χ3v) is 5.62. The maximum Gasteiger partial charge on any atom is 0.163 e. The fourth-order valence-electron chi connectivity index (χ4n) is 3.75. The fourth-order valence-corrected chi connectivity index (χ4v) is 3.75. The van der Waals surface area contributed by atoms with Crippen LogP contribution in [0.15, 0.2) is 42.7 Å². The summed E-state index contributed by atoms with van der Waals surface area (Å²) in [5.74, 6) is 2.74. The average Bonchev–Trinajstić information content (AvgIpc) is 3.23. The minimum absolute atomic E-state index is 0. The standard InChI is InChI=1S/C27H34N4O2.ClH/c1-17(2)10-12-32-24-9-6-20(15-25(24)33-13-11-18(3)4)31-23-14-19(5)30-21-7-8-22-27(26(21)23)29-16-28-22;/h6-9,14-18H,10-13H2,1-5H3,(H,28,29)(H,30,31);1H. The number of rotatable bonds is 10. The van der Waals surface area contributed by atoms with Crippen LogP contribution in [0.25, 0.3) is 21.9 Å². The van der Waals surface area contributed by atoms with Crippen molar-refractivity contribution in [3.8, 4) is 11.5 Å². The fraction of sp³-hybridized carbons (Fsp3) is 0.407. The van der Waals surface area contributed by atoms with Gasteiger partial charge in [-0.1, -0.05) is 27.7 Å². The van der Waals surface area contributed by atoms with E-state index in [9.17, 15) is 0 Å². The van der Waals surface area contributed by atoms with Crippen LogP contribution in [0.4, 0.5) is 11.4 Å². The van der Waals surface area contributed by atoms with Crippen LogP contribution in [0.5, 0.6) is 11.5 Å². The summed E-state index contributed by atoms with van der Waals surface area (Å²) in [6.45, 7) is 12.2. The lowest BCUT2D eigenvalue weighted by atomic mass is 10.1. The van der Waals surface area contributed by atoms with Crippen LogP contribution in [0.3, 0.4) is 0 Å². The highest BCUT2D eigenvalue weighted by atomic mass is 35.5. The first-order chi connectivity index (χ1) is 15.9. The van der Waals surface area contributed by atoms with Crippen molar-refractivity contribution in [1.82, 2.24) is 15.0 Å². The highest BCUT2D eigenvalue weighted by molar-refractivity contribution is 6.10. The number of nitrogens with zero attached hydrogens (tertiary/aromatic N) is 2. The van der Waals surface area contributed by atoms with Gasteiger partial charge in [0.1, 0.15) is 0 Å². The molecular formula is C27H35ClN4O2. The summed E-state index contributed by atoms with van der Waals surface area (Å²) in [4.78, 5) is 12.4. The molecule has 0 radical (unpaired) electrons. The summed E-state index contributed by atoms with van der Waals surface area (Å²) in [5, 5.41) is 4.61. The summed E-state index contributed by atoms with van der Waals surface area (Å²) in [7, 11) is 0. The van der Waals surface area contributed by atoms with Crippen molar-refractivity contribution in [2.75, 3.05) is 18.5 Å². The molecule has 2 N–H and O–H groups in total. The summed E-state index contributed by atoms with van der Waals surface area (Å²) >= 11 is 0. The topological polar surface area (TPSA) is 72.1 Å². The highest BCUT2D eigenvalue weighted by Crippen LogP contribution is 2.35. The number of hydrogen-bond acceptors (Lipinski definition) is 5. The number of aryl methyl sites for hydroxylation is 1. The van der Waals surface area contributed by atoms with Crippen LogP contribution >= 0.6 is 12.4 Å². The van der Waals surface area contributed by atoms with Crippen LogP contribution in [0, 0.1) is 18.8 Å². The van der Waals surface area contributed by atoms with Crippen LogP contribution < -0.4 is 14.8 Å². The van der Waals surface area contributed by atoms with E-state index in [2.05, 4.69) is 49.0 Å². The third kappa shape index (κ3) is 6.11. The number of halogens is 1. The molecule has 0 aliphatic heterocycles. The Bertz CT molecular complexity index is 1240. The minimum atomic E-state index is 0. The van der Waals surface area contributed by atoms with Gasteiger partial charge in [0.05, 0.1) is 41.8 Å². The zero-order valence-corrected chi connectivity index (χ0v) is 21.5. The van der Waals surface area contributed by atoms with E-state index in [0.29, 0.717) is 25.0 Å². The van der Waals surface area contributed by atoms with Gasteiger partial charge in [-0.25, -0.2) is 4.98 Å². The Labute approximate surface area is 207 Å². The first-order valence-corrected chi connectivity index (χ1v) is 11.8. The quantitative estimate of drug-likeness (QED) is 0.246. The molecule has 0 fully saturated rings. The minimum Gasteiger partial charge on any atom is -0.490 e. The Morgan fingerprint density at radius 2 is 1.56 bits per heavy atom. The number of ether oxygens (including phenoxy) is 2. The number of aromatic nitrogens is 3. The zero-order valence-electron chi connectivity index (χ0n) is 20.6. The monoisotopic (exact) mass is 482 g/mol. The van der Waals surface area contributed by atoms with Gasteiger partial charge in [0, 0.05) is 22.8 Å². The smallest absolute Gasteiger partial charge is 0.163 e. The number of pyridine rings is 1. The van der Waals surface area contributed by atoms with E-state index in [0.717, 1.165) is 63.3 Å². The predicted molar refractivity (Wildman–Crippen MR) is 143 cm³/mol. The normalized spacial score (nSPS) is 11.3. The average molecular weight is 483 g/mol. The van der Waals surface area contributed by atoms with Crippen LogP contribution in [0.2, 0.25) is 0 Å². The second-order valence-corrected chi connectivity index (χ2v) is 9.42. The molecule has 0 saturated carbocycles.